The highest BCUT2D eigenvalue weighted by Gasteiger charge is 2.25. The molecule has 1 aliphatic heterocycles. The monoisotopic (exact) mass is 342 g/mol. The highest BCUT2D eigenvalue weighted by atomic mass is 35.5. The van der Waals surface area contributed by atoms with Crippen LogP contribution in [0.4, 0.5) is 4.39 Å². The van der Waals surface area contributed by atoms with Crippen LogP contribution in [0.15, 0.2) is 24.3 Å². The van der Waals surface area contributed by atoms with Crippen molar-refractivity contribution in [1.29, 1.82) is 0 Å². The highest BCUT2D eigenvalue weighted by molar-refractivity contribution is 5.85. The first-order chi connectivity index (χ1) is 10.7. The zero-order chi connectivity index (χ0) is 15.4. The number of hydrogen-bond acceptors (Lipinski definition) is 3. The predicted molar refractivity (Wildman–Crippen MR) is 89.5 cm³/mol. The molecule has 1 saturated carbocycles. The number of carbonyl (C=O) groups excluding carboxylic acids is 1. The summed E-state index contributed by atoms with van der Waals surface area (Å²) in [5.74, 6) is 1.41. The van der Waals surface area contributed by atoms with Crippen LogP contribution in [0.5, 0.6) is 5.75 Å². The lowest BCUT2D eigenvalue weighted by molar-refractivity contribution is -0.132. The van der Waals surface area contributed by atoms with Crippen LogP contribution in [0.1, 0.15) is 25.7 Å². The van der Waals surface area contributed by atoms with Gasteiger partial charge in [0.25, 0.3) is 0 Å². The average molecular weight is 343 g/mol. The third-order valence-electron chi connectivity index (χ3n) is 4.32. The Morgan fingerprint density at radius 3 is 2.43 bits per heavy atom. The Labute approximate surface area is 142 Å². The molecule has 1 aromatic rings. The standard InChI is InChI=1S/C17H23FN2O2.ClH/c18-14-3-5-15(6-4-14)22-16-7-9-20(10-8-16)17(21)12-19-11-13-1-2-13;/h3-6,13,16,19H,1-2,7-12H2;1H. The van der Waals surface area contributed by atoms with E-state index < -0.39 is 0 Å². The van der Waals surface area contributed by atoms with Gasteiger partial charge in [0, 0.05) is 25.9 Å². The maximum atomic E-state index is 12.9. The summed E-state index contributed by atoms with van der Waals surface area (Å²) in [5.41, 5.74) is 0. The molecule has 1 heterocycles. The molecule has 0 bridgehead atoms. The molecule has 4 nitrogen and oxygen atoms in total. The first kappa shape index (κ1) is 18.0. The molecule has 0 aromatic heterocycles. The summed E-state index contributed by atoms with van der Waals surface area (Å²) in [6.07, 6.45) is 4.35. The van der Waals surface area contributed by atoms with Gasteiger partial charge in [0.2, 0.25) is 5.91 Å². The van der Waals surface area contributed by atoms with Crippen molar-refractivity contribution in [3.63, 3.8) is 0 Å². The van der Waals surface area contributed by atoms with E-state index in [4.69, 9.17) is 4.74 Å². The summed E-state index contributed by atoms with van der Waals surface area (Å²) in [5, 5.41) is 3.24. The molecule has 0 spiro atoms. The third-order valence-corrected chi connectivity index (χ3v) is 4.32. The lowest BCUT2D eigenvalue weighted by atomic mass is 10.1. The first-order valence-corrected chi connectivity index (χ1v) is 8.11. The molecular formula is C17H24ClFN2O2. The van der Waals surface area contributed by atoms with Crippen molar-refractivity contribution in [3.05, 3.63) is 30.1 Å². The van der Waals surface area contributed by atoms with Gasteiger partial charge in [0.1, 0.15) is 17.7 Å². The molecule has 128 valence electrons. The van der Waals surface area contributed by atoms with Crippen molar-refractivity contribution < 1.29 is 13.9 Å². The van der Waals surface area contributed by atoms with Crippen LogP contribution in [0.3, 0.4) is 0 Å². The number of benzene rings is 1. The Balaban J connectivity index is 0.00000192. The van der Waals surface area contributed by atoms with Crippen molar-refractivity contribution >= 4 is 18.3 Å². The number of amides is 1. The second kappa shape index (κ2) is 8.50. The zero-order valence-corrected chi connectivity index (χ0v) is 14.0. The minimum atomic E-state index is -0.258. The summed E-state index contributed by atoms with van der Waals surface area (Å²) in [6.45, 7) is 2.88. The Kier molecular flexibility index (Phi) is 6.66. The van der Waals surface area contributed by atoms with Gasteiger partial charge in [-0.15, -0.1) is 12.4 Å². The Hall–Kier alpha value is -1.33. The number of carbonyl (C=O) groups is 1. The average Bonchev–Trinajstić information content (AvgIpc) is 3.34. The quantitative estimate of drug-likeness (QED) is 0.864. The number of hydrogen-bond donors (Lipinski definition) is 1. The van der Waals surface area contributed by atoms with E-state index in [-0.39, 0.29) is 30.2 Å². The molecule has 0 unspecified atom stereocenters. The predicted octanol–water partition coefficient (Wildman–Crippen LogP) is 2.62. The van der Waals surface area contributed by atoms with Gasteiger partial charge in [-0.1, -0.05) is 0 Å². The topological polar surface area (TPSA) is 41.6 Å². The highest BCUT2D eigenvalue weighted by Crippen LogP contribution is 2.27. The van der Waals surface area contributed by atoms with Crippen molar-refractivity contribution in [2.75, 3.05) is 26.2 Å². The lowest BCUT2D eigenvalue weighted by Crippen LogP contribution is -2.45. The molecule has 23 heavy (non-hydrogen) atoms. The van der Waals surface area contributed by atoms with Gasteiger partial charge in [-0.05, 0) is 49.6 Å². The molecule has 0 radical (unpaired) electrons. The molecule has 3 rings (SSSR count). The van der Waals surface area contributed by atoms with Gasteiger partial charge in [0.15, 0.2) is 0 Å². The molecule has 0 atom stereocenters. The summed E-state index contributed by atoms with van der Waals surface area (Å²) < 4.78 is 18.7. The summed E-state index contributed by atoms with van der Waals surface area (Å²) in [6, 6.07) is 6.10. The largest absolute Gasteiger partial charge is 0.490 e. The summed E-state index contributed by atoms with van der Waals surface area (Å²) in [7, 11) is 0. The maximum absolute atomic E-state index is 12.9. The van der Waals surface area contributed by atoms with Crippen molar-refractivity contribution in [1.82, 2.24) is 10.2 Å². The second-order valence-corrected chi connectivity index (χ2v) is 6.23. The van der Waals surface area contributed by atoms with Crippen molar-refractivity contribution in [2.24, 2.45) is 5.92 Å². The van der Waals surface area contributed by atoms with E-state index in [0.717, 1.165) is 38.4 Å². The molecule has 1 saturated heterocycles. The van der Waals surface area contributed by atoms with E-state index in [1.54, 1.807) is 12.1 Å². The number of ether oxygens (including phenoxy) is 1. The van der Waals surface area contributed by atoms with Crippen LogP contribution in [-0.4, -0.2) is 43.1 Å². The van der Waals surface area contributed by atoms with Gasteiger partial charge >= 0.3 is 0 Å². The van der Waals surface area contributed by atoms with E-state index >= 15 is 0 Å². The lowest BCUT2D eigenvalue weighted by Gasteiger charge is -2.32. The van der Waals surface area contributed by atoms with E-state index in [1.807, 2.05) is 4.90 Å². The number of nitrogens with one attached hydrogen (secondary N) is 1. The number of nitrogens with zero attached hydrogens (tertiary/aromatic N) is 1. The van der Waals surface area contributed by atoms with Crippen LogP contribution < -0.4 is 10.1 Å². The minimum absolute atomic E-state index is 0. The van der Waals surface area contributed by atoms with Crippen LogP contribution in [0.2, 0.25) is 0 Å². The molecule has 1 aromatic carbocycles. The molecular weight excluding hydrogens is 319 g/mol. The fourth-order valence-electron chi connectivity index (χ4n) is 2.75. The second-order valence-electron chi connectivity index (χ2n) is 6.23. The van der Waals surface area contributed by atoms with Crippen LogP contribution in [0, 0.1) is 11.7 Å². The van der Waals surface area contributed by atoms with Crippen molar-refractivity contribution in [2.45, 2.75) is 31.8 Å². The molecule has 2 aliphatic rings. The van der Waals surface area contributed by atoms with E-state index in [2.05, 4.69) is 5.32 Å². The number of piperidine rings is 1. The fourth-order valence-corrected chi connectivity index (χ4v) is 2.75. The Bertz CT molecular complexity index is 500. The molecule has 2 fully saturated rings. The molecule has 1 amide bonds. The third kappa shape index (κ3) is 5.66. The molecule has 1 aliphatic carbocycles. The molecule has 1 N–H and O–H groups in total. The van der Waals surface area contributed by atoms with Gasteiger partial charge in [0.05, 0.1) is 6.54 Å². The van der Waals surface area contributed by atoms with Crippen LogP contribution in [-0.2, 0) is 4.79 Å². The van der Waals surface area contributed by atoms with Gasteiger partial charge in [-0.3, -0.25) is 4.79 Å². The maximum Gasteiger partial charge on any atom is 0.236 e. The minimum Gasteiger partial charge on any atom is -0.490 e. The summed E-state index contributed by atoms with van der Waals surface area (Å²) in [4.78, 5) is 14.0. The van der Waals surface area contributed by atoms with E-state index in [9.17, 15) is 9.18 Å². The Morgan fingerprint density at radius 2 is 1.83 bits per heavy atom. The van der Waals surface area contributed by atoms with Gasteiger partial charge < -0.3 is 15.0 Å². The number of likely N-dealkylation sites (tertiary alicyclic amines) is 1. The van der Waals surface area contributed by atoms with Gasteiger partial charge in [-0.2, -0.15) is 0 Å². The number of rotatable bonds is 6. The van der Waals surface area contributed by atoms with E-state index in [1.165, 1.54) is 25.0 Å². The van der Waals surface area contributed by atoms with Crippen LogP contribution in [0.25, 0.3) is 0 Å². The Morgan fingerprint density at radius 1 is 1.17 bits per heavy atom. The SMILES string of the molecule is Cl.O=C(CNCC1CC1)N1CCC(Oc2ccc(F)cc2)CC1. The summed E-state index contributed by atoms with van der Waals surface area (Å²) >= 11 is 0. The van der Waals surface area contributed by atoms with E-state index in [0.29, 0.717) is 12.3 Å². The first-order valence-electron chi connectivity index (χ1n) is 8.11. The zero-order valence-electron chi connectivity index (χ0n) is 13.2. The van der Waals surface area contributed by atoms with Gasteiger partial charge in [-0.25, -0.2) is 4.39 Å². The van der Waals surface area contributed by atoms with Crippen LogP contribution >= 0.6 is 12.4 Å². The number of halogens is 2. The van der Waals surface area contributed by atoms with Crippen molar-refractivity contribution in [3.8, 4) is 5.75 Å². The normalized spacial score (nSPS) is 18.4. The molecule has 6 heteroatoms. The fraction of sp³-hybridized carbons (Fsp3) is 0.588. The smallest absolute Gasteiger partial charge is 0.236 e.